The van der Waals surface area contributed by atoms with E-state index in [1.807, 2.05) is 41.3 Å². The van der Waals surface area contributed by atoms with Gasteiger partial charge in [-0.1, -0.05) is 36.8 Å². The molecule has 4 heterocycles. The van der Waals surface area contributed by atoms with E-state index in [0.717, 1.165) is 42.6 Å². The molecule has 264 valence electrons. The van der Waals surface area contributed by atoms with E-state index in [1.165, 1.54) is 0 Å². The summed E-state index contributed by atoms with van der Waals surface area (Å²) in [7, 11) is 0. The average Bonchev–Trinajstić information content (AvgIpc) is 3.28. The minimum atomic E-state index is -1.05. The second kappa shape index (κ2) is 15.1. The number of hydrogen-bond acceptors (Lipinski definition) is 7. The third kappa shape index (κ3) is 7.79. The molecule has 0 saturated carbocycles. The third-order valence-electron chi connectivity index (χ3n) is 10.9. The predicted molar refractivity (Wildman–Crippen MR) is 184 cm³/mol. The first-order valence-corrected chi connectivity index (χ1v) is 17.8. The number of anilines is 1. The predicted octanol–water partition coefficient (Wildman–Crippen LogP) is 4.54. The second-order valence-corrected chi connectivity index (χ2v) is 14.0. The lowest BCUT2D eigenvalue weighted by atomic mass is 9.94. The summed E-state index contributed by atoms with van der Waals surface area (Å²) in [5.74, 6) is -0.846. The number of urea groups is 1. The Kier molecular flexibility index (Phi) is 10.6. The third-order valence-corrected chi connectivity index (χ3v) is 10.9. The molecule has 0 aromatic heterocycles. The molecule has 49 heavy (non-hydrogen) atoms. The first-order chi connectivity index (χ1) is 23.6. The van der Waals surface area contributed by atoms with E-state index in [1.54, 1.807) is 23.6 Å². The van der Waals surface area contributed by atoms with Crippen LogP contribution in [0.15, 0.2) is 36.4 Å². The molecular formula is C37H49N5O7. The highest BCUT2D eigenvalue weighted by Crippen LogP contribution is 2.29. The van der Waals surface area contributed by atoms with Gasteiger partial charge < -0.3 is 35.0 Å². The Morgan fingerprint density at radius 3 is 2.22 bits per heavy atom. The Morgan fingerprint density at radius 1 is 0.878 bits per heavy atom. The van der Waals surface area contributed by atoms with Crippen molar-refractivity contribution in [3.8, 4) is 5.75 Å². The number of amides is 4. The van der Waals surface area contributed by atoms with Crippen molar-refractivity contribution in [1.82, 2.24) is 19.6 Å². The lowest BCUT2D eigenvalue weighted by Crippen LogP contribution is -2.55. The van der Waals surface area contributed by atoms with Gasteiger partial charge in [0.2, 0.25) is 0 Å². The highest BCUT2D eigenvalue weighted by molar-refractivity contribution is 5.91. The Balaban J connectivity index is 1.09. The molecule has 12 heteroatoms. The number of nitrogens with zero attached hydrogens (tertiary/aromatic N) is 4. The van der Waals surface area contributed by atoms with Gasteiger partial charge in [0.1, 0.15) is 11.8 Å². The number of carboxylic acid groups (broad SMARTS) is 1. The number of rotatable bonds is 7. The number of carbonyl (C=O) groups excluding carboxylic acids is 3. The molecular weight excluding hydrogens is 626 g/mol. The molecule has 4 aliphatic rings. The number of aryl methyl sites for hydroxylation is 2. The van der Waals surface area contributed by atoms with E-state index < -0.39 is 24.2 Å². The molecule has 4 aliphatic heterocycles. The number of carbonyl (C=O) groups is 4. The van der Waals surface area contributed by atoms with Crippen LogP contribution in [0.1, 0.15) is 67.2 Å². The van der Waals surface area contributed by atoms with Crippen molar-refractivity contribution in [2.45, 2.75) is 95.9 Å². The summed E-state index contributed by atoms with van der Waals surface area (Å²) in [6.45, 7) is 6.70. The topological polar surface area (TPSA) is 143 Å². The van der Waals surface area contributed by atoms with Gasteiger partial charge in [0.25, 0.3) is 5.91 Å². The van der Waals surface area contributed by atoms with Gasteiger partial charge in [-0.15, -0.1) is 0 Å². The number of hydrogen-bond donors (Lipinski definition) is 3. The maximum Gasteiger partial charge on any atom is 0.410 e. The quantitative estimate of drug-likeness (QED) is 0.388. The van der Waals surface area contributed by atoms with Crippen LogP contribution in [0, 0.1) is 13.8 Å². The normalized spacial score (nSPS) is 21.8. The molecule has 0 spiro atoms. The second-order valence-electron chi connectivity index (χ2n) is 14.0. The largest absolute Gasteiger partial charge is 0.507 e. The smallest absolute Gasteiger partial charge is 0.410 e. The number of phenolic OH excluding ortho intramolecular Hbond substituents is 1. The van der Waals surface area contributed by atoms with Crippen LogP contribution in [-0.2, 0) is 27.2 Å². The molecule has 3 saturated heterocycles. The van der Waals surface area contributed by atoms with Crippen molar-refractivity contribution in [3.05, 3.63) is 58.7 Å². The number of para-hydroxylation sites is 1. The average molecular weight is 676 g/mol. The number of carboxylic acids is 1. The van der Waals surface area contributed by atoms with Crippen LogP contribution >= 0.6 is 0 Å². The van der Waals surface area contributed by atoms with Gasteiger partial charge in [-0.2, -0.15) is 0 Å². The van der Waals surface area contributed by atoms with E-state index in [0.29, 0.717) is 76.0 Å². The molecule has 3 N–H and O–H groups in total. The number of likely N-dealkylation sites (tertiary alicyclic amines) is 3. The summed E-state index contributed by atoms with van der Waals surface area (Å²) >= 11 is 0. The molecule has 0 bridgehead atoms. The number of piperidine rings is 3. The Labute approximate surface area is 288 Å². The number of nitrogens with one attached hydrogen (secondary N) is 1. The monoisotopic (exact) mass is 675 g/mol. The van der Waals surface area contributed by atoms with E-state index in [9.17, 15) is 29.4 Å². The van der Waals surface area contributed by atoms with Crippen LogP contribution < -0.4 is 5.32 Å². The number of phenols is 1. The Morgan fingerprint density at radius 2 is 1.53 bits per heavy atom. The van der Waals surface area contributed by atoms with Crippen molar-refractivity contribution in [1.29, 1.82) is 0 Å². The van der Waals surface area contributed by atoms with Crippen molar-refractivity contribution < 1.29 is 34.1 Å². The minimum absolute atomic E-state index is 0.0133. The summed E-state index contributed by atoms with van der Waals surface area (Å²) < 4.78 is 6.03. The number of fused-ring (bicyclic) bond motifs is 1. The zero-order valence-electron chi connectivity index (χ0n) is 28.6. The molecule has 0 unspecified atom stereocenters. The lowest BCUT2D eigenvalue weighted by molar-refractivity contribution is -0.148. The van der Waals surface area contributed by atoms with Crippen LogP contribution in [-0.4, -0.2) is 117 Å². The SMILES string of the molecule is Cc1cc(C[C@@H](OC(=O)N2CCC(N3CCc4ccccc4NC3=O)CC2)C(=O)N2CCC(N3CCCC[C@@H]3C(=O)O)CC2)cc(C)c1O. The number of aromatic hydroxyl groups is 1. The molecule has 4 amide bonds. The first kappa shape index (κ1) is 34.5. The minimum Gasteiger partial charge on any atom is -0.507 e. The van der Waals surface area contributed by atoms with Gasteiger partial charge in [0.15, 0.2) is 6.10 Å². The van der Waals surface area contributed by atoms with Crippen LogP contribution in [0.5, 0.6) is 5.75 Å². The summed E-state index contributed by atoms with van der Waals surface area (Å²) in [5.41, 5.74) is 4.11. The van der Waals surface area contributed by atoms with E-state index in [4.69, 9.17) is 4.74 Å². The van der Waals surface area contributed by atoms with Crippen LogP contribution in [0.2, 0.25) is 0 Å². The molecule has 3 fully saturated rings. The van der Waals surface area contributed by atoms with Gasteiger partial charge >= 0.3 is 18.1 Å². The molecule has 2 aromatic rings. The van der Waals surface area contributed by atoms with E-state index in [-0.39, 0.29) is 36.2 Å². The van der Waals surface area contributed by atoms with Crippen LogP contribution in [0.3, 0.4) is 0 Å². The zero-order valence-corrected chi connectivity index (χ0v) is 28.6. The first-order valence-electron chi connectivity index (χ1n) is 17.8. The summed E-state index contributed by atoms with van der Waals surface area (Å²) in [6, 6.07) is 10.9. The van der Waals surface area contributed by atoms with Gasteiger partial charge in [0, 0.05) is 56.9 Å². The van der Waals surface area contributed by atoms with Crippen molar-refractivity contribution in [2.75, 3.05) is 44.6 Å². The highest BCUT2D eigenvalue weighted by Gasteiger charge is 2.39. The van der Waals surface area contributed by atoms with Gasteiger partial charge in [-0.25, -0.2) is 9.59 Å². The summed E-state index contributed by atoms with van der Waals surface area (Å²) in [5, 5.41) is 23.2. The molecule has 0 radical (unpaired) electrons. The Hall–Kier alpha value is -4.32. The van der Waals surface area contributed by atoms with Gasteiger partial charge in [-0.05, 0) is 93.7 Å². The van der Waals surface area contributed by atoms with E-state index >= 15 is 0 Å². The summed E-state index contributed by atoms with van der Waals surface area (Å²) in [4.78, 5) is 60.0. The standard InChI is InChI=1S/C37H49N5O7/c1-24-21-26(22-25(2)33(24)43)23-32(34(44)39-16-11-28(12-17-39)41-15-6-5-9-31(41)35(45)46)49-37(48)40-18-13-29(14-19-40)42-20-10-27-7-3-4-8-30(27)38-36(42)47/h3-4,7-8,21-22,28-29,31-32,43H,5-6,9-20,23H2,1-2H3,(H,38,47)(H,45,46)/t31-,32-/m1/s1. The number of benzene rings is 2. The van der Waals surface area contributed by atoms with Gasteiger partial charge in [0.05, 0.1) is 0 Å². The van der Waals surface area contributed by atoms with Crippen molar-refractivity contribution in [2.24, 2.45) is 0 Å². The number of aliphatic carboxylic acids is 1. The van der Waals surface area contributed by atoms with Crippen molar-refractivity contribution in [3.63, 3.8) is 0 Å². The van der Waals surface area contributed by atoms with Crippen LogP contribution in [0.4, 0.5) is 15.3 Å². The Bertz CT molecular complexity index is 1530. The fourth-order valence-corrected chi connectivity index (χ4v) is 8.13. The van der Waals surface area contributed by atoms with Crippen LogP contribution in [0.25, 0.3) is 0 Å². The maximum absolute atomic E-state index is 14.1. The van der Waals surface area contributed by atoms with Gasteiger partial charge in [-0.3, -0.25) is 14.5 Å². The fraction of sp³-hybridized carbons (Fsp3) is 0.568. The van der Waals surface area contributed by atoms with Crippen molar-refractivity contribution >= 4 is 29.7 Å². The summed E-state index contributed by atoms with van der Waals surface area (Å²) in [6.07, 6.45) is 4.39. The number of ether oxygens (including phenoxy) is 1. The fourth-order valence-electron chi connectivity index (χ4n) is 8.13. The molecule has 2 aromatic carbocycles. The molecule has 0 aliphatic carbocycles. The maximum atomic E-state index is 14.1. The highest BCUT2D eigenvalue weighted by atomic mass is 16.6. The zero-order chi connectivity index (χ0) is 34.7. The van der Waals surface area contributed by atoms with E-state index in [2.05, 4.69) is 10.2 Å². The molecule has 12 nitrogen and oxygen atoms in total. The molecule has 6 rings (SSSR count). The molecule has 2 atom stereocenters. The lowest BCUT2D eigenvalue weighted by Gasteiger charge is -2.43.